The number of halogens is 1. The van der Waals surface area contributed by atoms with Crippen LogP contribution in [-0.2, 0) is 11.3 Å². The zero-order chi connectivity index (χ0) is 14.0. The van der Waals surface area contributed by atoms with Gasteiger partial charge in [0.1, 0.15) is 6.10 Å². The van der Waals surface area contributed by atoms with E-state index in [0.29, 0.717) is 18.3 Å². The van der Waals surface area contributed by atoms with Crippen molar-refractivity contribution >= 4 is 12.4 Å². The molecular weight excluding hydrogens is 280 g/mol. The molecule has 0 aromatic carbocycles. The third-order valence-electron chi connectivity index (χ3n) is 3.95. The standard InChI is InChI=1S/C13H24N4O2.ClH/c1-9(18-4)12-15-11(19-16-12)7-17-6-5-10(14)13(2,3)8-17;/h9-10H,5-8,14H2,1-4H3;1H. The summed E-state index contributed by atoms with van der Waals surface area (Å²) in [5, 5.41) is 3.94. The van der Waals surface area contributed by atoms with Crippen molar-refractivity contribution in [1.82, 2.24) is 15.0 Å². The van der Waals surface area contributed by atoms with Crippen molar-refractivity contribution in [2.24, 2.45) is 11.1 Å². The van der Waals surface area contributed by atoms with Crippen LogP contribution in [0.2, 0.25) is 0 Å². The first-order valence-corrected chi connectivity index (χ1v) is 6.75. The summed E-state index contributed by atoms with van der Waals surface area (Å²) >= 11 is 0. The van der Waals surface area contributed by atoms with Gasteiger partial charge in [0, 0.05) is 26.2 Å². The highest BCUT2D eigenvalue weighted by Crippen LogP contribution is 2.28. The Labute approximate surface area is 126 Å². The highest BCUT2D eigenvalue weighted by Gasteiger charge is 2.33. The molecule has 2 heterocycles. The van der Waals surface area contributed by atoms with Crippen molar-refractivity contribution in [3.8, 4) is 0 Å². The molecule has 2 N–H and O–H groups in total. The summed E-state index contributed by atoms with van der Waals surface area (Å²) in [7, 11) is 1.63. The third kappa shape index (κ3) is 3.91. The Kier molecular flexibility index (Phi) is 5.94. The SMILES string of the molecule is COC(C)c1noc(CN2CCC(N)C(C)(C)C2)n1.Cl. The van der Waals surface area contributed by atoms with E-state index in [1.54, 1.807) is 7.11 Å². The molecule has 1 saturated heterocycles. The van der Waals surface area contributed by atoms with Gasteiger partial charge < -0.3 is 15.0 Å². The average Bonchev–Trinajstić information content (AvgIpc) is 2.81. The van der Waals surface area contributed by atoms with E-state index in [4.69, 9.17) is 15.0 Å². The molecule has 2 unspecified atom stereocenters. The normalized spacial score (nSPS) is 24.1. The van der Waals surface area contributed by atoms with E-state index in [2.05, 4.69) is 28.9 Å². The molecule has 0 saturated carbocycles. The van der Waals surface area contributed by atoms with Crippen molar-refractivity contribution in [3.05, 3.63) is 11.7 Å². The minimum atomic E-state index is -0.135. The van der Waals surface area contributed by atoms with Gasteiger partial charge in [-0.25, -0.2) is 0 Å². The van der Waals surface area contributed by atoms with Gasteiger partial charge in [0.2, 0.25) is 5.89 Å². The molecule has 1 aromatic rings. The smallest absolute Gasteiger partial charge is 0.240 e. The Morgan fingerprint density at radius 3 is 2.85 bits per heavy atom. The lowest BCUT2D eigenvalue weighted by molar-refractivity contribution is 0.0811. The zero-order valence-electron chi connectivity index (χ0n) is 12.6. The minimum Gasteiger partial charge on any atom is -0.374 e. The number of hydrogen-bond donors (Lipinski definition) is 1. The second-order valence-electron chi connectivity index (χ2n) is 6.02. The van der Waals surface area contributed by atoms with E-state index in [1.165, 1.54) is 0 Å². The van der Waals surface area contributed by atoms with Gasteiger partial charge in [-0.05, 0) is 18.8 Å². The van der Waals surface area contributed by atoms with Gasteiger partial charge in [-0.1, -0.05) is 19.0 Å². The van der Waals surface area contributed by atoms with Gasteiger partial charge in [0.15, 0.2) is 5.82 Å². The van der Waals surface area contributed by atoms with Crippen LogP contribution in [0, 0.1) is 5.41 Å². The van der Waals surface area contributed by atoms with E-state index < -0.39 is 0 Å². The van der Waals surface area contributed by atoms with Gasteiger partial charge >= 0.3 is 0 Å². The number of rotatable bonds is 4. The molecule has 0 spiro atoms. The largest absolute Gasteiger partial charge is 0.374 e. The highest BCUT2D eigenvalue weighted by atomic mass is 35.5. The monoisotopic (exact) mass is 304 g/mol. The Morgan fingerprint density at radius 1 is 1.55 bits per heavy atom. The van der Waals surface area contributed by atoms with E-state index in [0.717, 1.165) is 19.5 Å². The fourth-order valence-electron chi connectivity index (χ4n) is 2.41. The lowest BCUT2D eigenvalue weighted by Crippen LogP contribution is -2.52. The fraction of sp³-hybridized carbons (Fsp3) is 0.846. The first-order valence-electron chi connectivity index (χ1n) is 6.75. The van der Waals surface area contributed by atoms with Crippen LogP contribution in [0.25, 0.3) is 0 Å². The van der Waals surface area contributed by atoms with E-state index in [1.807, 2.05) is 6.92 Å². The molecule has 2 rings (SSSR count). The first kappa shape index (κ1) is 17.4. The summed E-state index contributed by atoms with van der Waals surface area (Å²) in [5.41, 5.74) is 6.26. The maximum atomic E-state index is 6.14. The number of hydrogen-bond acceptors (Lipinski definition) is 6. The van der Waals surface area contributed by atoms with Gasteiger partial charge in [-0.2, -0.15) is 4.98 Å². The molecule has 116 valence electrons. The molecule has 20 heavy (non-hydrogen) atoms. The second kappa shape index (κ2) is 6.85. The average molecular weight is 305 g/mol. The van der Waals surface area contributed by atoms with Gasteiger partial charge in [0.25, 0.3) is 0 Å². The Balaban J connectivity index is 0.00000200. The van der Waals surface area contributed by atoms with Gasteiger partial charge in [-0.15, -0.1) is 12.4 Å². The molecule has 1 aliphatic heterocycles. The number of nitrogens with zero attached hydrogens (tertiary/aromatic N) is 3. The van der Waals surface area contributed by atoms with Crippen LogP contribution in [-0.4, -0.2) is 41.3 Å². The molecule has 1 aromatic heterocycles. The molecular formula is C13H25ClN4O2. The summed E-state index contributed by atoms with van der Waals surface area (Å²) in [5.74, 6) is 1.25. The number of piperidine rings is 1. The lowest BCUT2D eigenvalue weighted by Gasteiger charge is -2.42. The number of ether oxygens (including phenoxy) is 1. The van der Waals surface area contributed by atoms with Crippen molar-refractivity contribution in [2.75, 3.05) is 20.2 Å². The van der Waals surface area contributed by atoms with Crippen molar-refractivity contribution < 1.29 is 9.26 Å². The molecule has 0 amide bonds. The quantitative estimate of drug-likeness (QED) is 0.913. The Bertz CT molecular complexity index is 424. The van der Waals surface area contributed by atoms with Crippen LogP contribution in [0.4, 0.5) is 0 Å². The van der Waals surface area contributed by atoms with Gasteiger partial charge in [0.05, 0.1) is 6.54 Å². The molecule has 0 aliphatic carbocycles. The number of methoxy groups -OCH3 is 1. The molecule has 6 nitrogen and oxygen atoms in total. The van der Waals surface area contributed by atoms with Crippen LogP contribution < -0.4 is 5.73 Å². The highest BCUT2D eigenvalue weighted by molar-refractivity contribution is 5.85. The summed E-state index contributed by atoms with van der Waals surface area (Å²) in [4.78, 5) is 6.68. The molecule has 2 atom stereocenters. The van der Waals surface area contributed by atoms with E-state index in [-0.39, 0.29) is 30.0 Å². The topological polar surface area (TPSA) is 77.4 Å². The fourth-order valence-corrected chi connectivity index (χ4v) is 2.41. The summed E-state index contributed by atoms with van der Waals surface area (Å²) in [6, 6.07) is 0.260. The predicted molar refractivity (Wildman–Crippen MR) is 78.6 cm³/mol. The van der Waals surface area contributed by atoms with E-state index >= 15 is 0 Å². The summed E-state index contributed by atoms with van der Waals surface area (Å²) in [6.45, 7) is 8.91. The summed E-state index contributed by atoms with van der Waals surface area (Å²) in [6.07, 6.45) is 0.867. The van der Waals surface area contributed by atoms with Crippen LogP contribution in [0.3, 0.4) is 0 Å². The molecule has 1 aliphatic rings. The van der Waals surface area contributed by atoms with Crippen molar-refractivity contribution in [3.63, 3.8) is 0 Å². The Morgan fingerprint density at radius 2 is 2.25 bits per heavy atom. The maximum absolute atomic E-state index is 6.14. The van der Waals surface area contributed by atoms with Crippen LogP contribution in [0.5, 0.6) is 0 Å². The maximum Gasteiger partial charge on any atom is 0.240 e. The predicted octanol–water partition coefficient (Wildman–Crippen LogP) is 1.76. The number of likely N-dealkylation sites (tertiary alicyclic amines) is 1. The summed E-state index contributed by atoms with van der Waals surface area (Å²) < 4.78 is 10.4. The van der Waals surface area contributed by atoms with E-state index in [9.17, 15) is 0 Å². The van der Waals surface area contributed by atoms with Crippen LogP contribution >= 0.6 is 12.4 Å². The second-order valence-corrected chi connectivity index (χ2v) is 6.02. The number of nitrogens with two attached hydrogens (primary N) is 1. The lowest BCUT2D eigenvalue weighted by atomic mass is 9.80. The van der Waals surface area contributed by atoms with Crippen LogP contribution in [0.15, 0.2) is 4.52 Å². The third-order valence-corrected chi connectivity index (χ3v) is 3.95. The molecule has 1 fully saturated rings. The molecule has 0 bridgehead atoms. The van der Waals surface area contributed by atoms with Crippen molar-refractivity contribution in [1.29, 1.82) is 0 Å². The Hall–Kier alpha value is -0.690. The van der Waals surface area contributed by atoms with Crippen LogP contribution in [0.1, 0.15) is 45.0 Å². The molecule has 7 heteroatoms. The first-order chi connectivity index (χ1) is 8.92. The van der Waals surface area contributed by atoms with Crippen molar-refractivity contribution in [2.45, 2.75) is 45.9 Å². The molecule has 0 radical (unpaired) electrons. The number of aromatic nitrogens is 2. The minimum absolute atomic E-state index is 0. The van der Waals surface area contributed by atoms with Gasteiger partial charge in [-0.3, -0.25) is 4.90 Å². The zero-order valence-corrected chi connectivity index (χ0v) is 13.4.